The van der Waals surface area contributed by atoms with Crippen LogP contribution in [-0.4, -0.2) is 12.5 Å². The highest BCUT2D eigenvalue weighted by atomic mass is 79.9. The number of alkyl halides is 3. The first kappa shape index (κ1) is 22.9. The fraction of sp³-hybridized carbons (Fsp3) is 0.409. The van der Waals surface area contributed by atoms with E-state index < -0.39 is 17.6 Å². The average Bonchev–Trinajstić information content (AvgIpc) is 2.68. The first-order chi connectivity index (χ1) is 14.1. The standard InChI is InChI=1S/C22H23BrClF3N2O/c1-12-2-7-16(10-19(12)23)29-11-13-3-5-14(6-4-13)17-8-15(22(25,26)27)9-18(20(17)24)21(28)30/h2,7-10,13-14,29H,3-6,11H2,1H3,(H2,28,30). The van der Waals surface area contributed by atoms with E-state index in [-0.39, 0.29) is 16.5 Å². The molecule has 3 N–H and O–H groups in total. The molecule has 1 fully saturated rings. The molecule has 1 aliphatic carbocycles. The van der Waals surface area contributed by atoms with E-state index in [4.69, 9.17) is 17.3 Å². The molecule has 30 heavy (non-hydrogen) atoms. The van der Waals surface area contributed by atoms with Crippen molar-refractivity contribution in [2.75, 3.05) is 11.9 Å². The van der Waals surface area contributed by atoms with E-state index >= 15 is 0 Å². The summed E-state index contributed by atoms with van der Waals surface area (Å²) in [5.74, 6) is -0.654. The molecule has 1 amide bonds. The van der Waals surface area contributed by atoms with Gasteiger partial charge in [0.15, 0.2) is 0 Å². The van der Waals surface area contributed by atoms with E-state index in [0.29, 0.717) is 24.3 Å². The molecule has 1 saturated carbocycles. The zero-order chi connectivity index (χ0) is 22.1. The zero-order valence-electron chi connectivity index (χ0n) is 16.5. The van der Waals surface area contributed by atoms with Gasteiger partial charge in [-0.3, -0.25) is 4.79 Å². The molecule has 0 radical (unpaired) electrons. The third kappa shape index (κ3) is 5.30. The number of benzene rings is 2. The van der Waals surface area contributed by atoms with Crippen LogP contribution in [0.1, 0.15) is 58.6 Å². The topological polar surface area (TPSA) is 55.1 Å². The number of carbonyl (C=O) groups excluding carboxylic acids is 1. The molecule has 0 bridgehead atoms. The van der Waals surface area contributed by atoms with Gasteiger partial charge in [-0.25, -0.2) is 0 Å². The Labute approximate surface area is 187 Å². The summed E-state index contributed by atoms with van der Waals surface area (Å²) in [6.45, 7) is 2.82. The number of primary amides is 1. The van der Waals surface area contributed by atoms with E-state index in [1.807, 2.05) is 25.1 Å². The van der Waals surface area contributed by atoms with Crippen LogP contribution in [0.5, 0.6) is 0 Å². The van der Waals surface area contributed by atoms with Crippen molar-refractivity contribution in [3.05, 3.63) is 62.1 Å². The fourth-order valence-corrected chi connectivity index (χ4v) is 4.66. The number of halogens is 5. The van der Waals surface area contributed by atoms with Crippen LogP contribution in [0.15, 0.2) is 34.8 Å². The first-order valence-corrected chi connectivity index (χ1v) is 10.9. The van der Waals surface area contributed by atoms with Crippen molar-refractivity contribution in [1.82, 2.24) is 0 Å². The summed E-state index contributed by atoms with van der Waals surface area (Å²) in [6.07, 6.45) is -1.41. The van der Waals surface area contributed by atoms with Gasteiger partial charge in [0.05, 0.1) is 16.1 Å². The lowest BCUT2D eigenvalue weighted by Gasteiger charge is -2.30. The first-order valence-electron chi connectivity index (χ1n) is 9.76. The van der Waals surface area contributed by atoms with Crippen molar-refractivity contribution in [2.45, 2.75) is 44.7 Å². The van der Waals surface area contributed by atoms with E-state index in [1.165, 1.54) is 0 Å². The number of amides is 1. The molecule has 0 atom stereocenters. The Morgan fingerprint density at radius 1 is 1.20 bits per heavy atom. The minimum atomic E-state index is -4.56. The van der Waals surface area contributed by atoms with E-state index in [1.54, 1.807) is 0 Å². The second-order valence-corrected chi connectivity index (χ2v) is 9.08. The molecule has 0 heterocycles. The van der Waals surface area contributed by atoms with Gasteiger partial charge in [-0.15, -0.1) is 0 Å². The van der Waals surface area contributed by atoms with Gasteiger partial charge in [-0.05, 0) is 79.8 Å². The summed E-state index contributed by atoms with van der Waals surface area (Å²) in [6, 6.07) is 7.91. The SMILES string of the molecule is Cc1ccc(NCC2CCC(c3cc(C(F)(F)F)cc(C(N)=O)c3Cl)CC2)cc1Br. The minimum Gasteiger partial charge on any atom is -0.385 e. The predicted octanol–water partition coefficient (Wildman–Crippen LogP) is 6.91. The van der Waals surface area contributed by atoms with Gasteiger partial charge in [0.2, 0.25) is 5.91 Å². The molecule has 0 unspecified atom stereocenters. The quantitative estimate of drug-likeness (QED) is 0.465. The Hall–Kier alpha value is -1.73. The van der Waals surface area contributed by atoms with Crippen molar-refractivity contribution in [2.24, 2.45) is 11.7 Å². The Morgan fingerprint density at radius 2 is 1.87 bits per heavy atom. The molecular formula is C22H23BrClF3N2O. The Morgan fingerprint density at radius 3 is 2.43 bits per heavy atom. The van der Waals surface area contributed by atoms with Gasteiger partial charge >= 0.3 is 6.18 Å². The average molecular weight is 504 g/mol. The summed E-state index contributed by atoms with van der Waals surface area (Å²) in [7, 11) is 0. The minimum absolute atomic E-state index is 0.0431. The third-order valence-corrected chi connectivity index (χ3v) is 7.02. The highest BCUT2D eigenvalue weighted by Crippen LogP contribution is 2.42. The predicted molar refractivity (Wildman–Crippen MR) is 117 cm³/mol. The van der Waals surface area contributed by atoms with Crippen LogP contribution in [0, 0.1) is 12.8 Å². The van der Waals surface area contributed by atoms with Crippen LogP contribution in [0.2, 0.25) is 5.02 Å². The molecule has 0 saturated heterocycles. The third-order valence-electron chi connectivity index (χ3n) is 5.75. The Balaban J connectivity index is 1.69. The number of hydrogen-bond donors (Lipinski definition) is 2. The van der Waals surface area contributed by atoms with Gasteiger partial charge < -0.3 is 11.1 Å². The van der Waals surface area contributed by atoms with Gasteiger partial charge in [0.25, 0.3) is 0 Å². The smallest absolute Gasteiger partial charge is 0.385 e. The maximum Gasteiger partial charge on any atom is 0.416 e. The normalized spacial score (nSPS) is 19.5. The Kier molecular flexibility index (Phi) is 7.02. The van der Waals surface area contributed by atoms with Crippen molar-refractivity contribution in [1.29, 1.82) is 0 Å². The highest BCUT2D eigenvalue weighted by Gasteiger charge is 2.34. The van der Waals surface area contributed by atoms with Crippen molar-refractivity contribution in [3.8, 4) is 0 Å². The number of rotatable bonds is 5. The van der Waals surface area contributed by atoms with Crippen molar-refractivity contribution >= 4 is 39.1 Å². The molecule has 162 valence electrons. The summed E-state index contributed by atoms with van der Waals surface area (Å²) in [5.41, 5.74) is 6.67. The molecule has 0 aromatic heterocycles. The molecule has 8 heteroatoms. The molecule has 3 nitrogen and oxygen atoms in total. The van der Waals surface area contributed by atoms with E-state index in [9.17, 15) is 18.0 Å². The Bertz CT molecular complexity index is 941. The molecule has 3 rings (SSSR count). The van der Waals surface area contributed by atoms with E-state index in [0.717, 1.165) is 47.2 Å². The van der Waals surface area contributed by atoms with Crippen LogP contribution >= 0.6 is 27.5 Å². The summed E-state index contributed by atoms with van der Waals surface area (Å²) < 4.78 is 40.9. The monoisotopic (exact) mass is 502 g/mol. The van der Waals surface area contributed by atoms with Crippen LogP contribution in [-0.2, 0) is 6.18 Å². The number of carbonyl (C=O) groups is 1. The van der Waals surface area contributed by atoms with Crippen molar-refractivity contribution < 1.29 is 18.0 Å². The molecule has 0 aliphatic heterocycles. The number of nitrogens with one attached hydrogen (secondary N) is 1. The number of anilines is 1. The summed E-state index contributed by atoms with van der Waals surface area (Å²) >= 11 is 9.80. The van der Waals surface area contributed by atoms with Crippen LogP contribution in [0.3, 0.4) is 0 Å². The van der Waals surface area contributed by atoms with Gasteiger partial charge in [0.1, 0.15) is 0 Å². The van der Waals surface area contributed by atoms with Gasteiger partial charge in [0, 0.05) is 16.7 Å². The van der Waals surface area contributed by atoms with E-state index in [2.05, 4.69) is 21.2 Å². The van der Waals surface area contributed by atoms with Crippen LogP contribution < -0.4 is 11.1 Å². The second kappa shape index (κ2) is 9.18. The van der Waals surface area contributed by atoms with Crippen LogP contribution in [0.4, 0.5) is 18.9 Å². The lowest BCUT2D eigenvalue weighted by molar-refractivity contribution is -0.137. The lowest BCUT2D eigenvalue weighted by Crippen LogP contribution is -2.22. The van der Waals surface area contributed by atoms with Crippen LogP contribution in [0.25, 0.3) is 0 Å². The second-order valence-electron chi connectivity index (χ2n) is 7.85. The van der Waals surface area contributed by atoms with Crippen molar-refractivity contribution in [3.63, 3.8) is 0 Å². The number of nitrogens with two attached hydrogens (primary N) is 1. The van der Waals surface area contributed by atoms with Gasteiger partial charge in [-0.2, -0.15) is 13.2 Å². The molecular weight excluding hydrogens is 481 g/mol. The summed E-state index contributed by atoms with van der Waals surface area (Å²) in [4.78, 5) is 11.6. The number of hydrogen-bond acceptors (Lipinski definition) is 2. The molecule has 2 aromatic carbocycles. The molecule has 2 aromatic rings. The molecule has 0 spiro atoms. The summed E-state index contributed by atoms with van der Waals surface area (Å²) in [5, 5.41) is 3.48. The fourth-order valence-electron chi connectivity index (χ4n) is 3.93. The maximum absolute atomic E-state index is 13.3. The van der Waals surface area contributed by atoms with Gasteiger partial charge in [-0.1, -0.05) is 33.6 Å². The zero-order valence-corrected chi connectivity index (χ0v) is 18.8. The molecule has 1 aliphatic rings. The largest absolute Gasteiger partial charge is 0.416 e. The highest BCUT2D eigenvalue weighted by molar-refractivity contribution is 9.10. The number of aryl methyl sites for hydroxylation is 1. The lowest BCUT2D eigenvalue weighted by atomic mass is 9.78. The maximum atomic E-state index is 13.3.